The molecule has 0 amide bonds. The van der Waals surface area contributed by atoms with Gasteiger partial charge in [0.1, 0.15) is 10.8 Å². The SMILES string of the molecule is CNc1nnc(CCC(C)Oc2ccc(Cl)cc2)s1. The minimum Gasteiger partial charge on any atom is -0.491 e. The summed E-state index contributed by atoms with van der Waals surface area (Å²) in [6.07, 6.45) is 1.90. The molecule has 1 aromatic heterocycles. The van der Waals surface area contributed by atoms with Crippen LogP contribution in [0, 0.1) is 0 Å². The Hall–Kier alpha value is -1.33. The third-order valence-corrected chi connectivity index (χ3v) is 3.85. The molecule has 0 bridgehead atoms. The van der Waals surface area contributed by atoms with Crippen LogP contribution in [0.2, 0.25) is 5.02 Å². The molecule has 0 radical (unpaired) electrons. The third-order valence-electron chi connectivity index (χ3n) is 2.60. The molecule has 0 saturated carbocycles. The Morgan fingerprint density at radius 1 is 1.32 bits per heavy atom. The highest BCUT2D eigenvalue weighted by Gasteiger charge is 2.08. The molecule has 0 aliphatic carbocycles. The van der Waals surface area contributed by atoms with Crippen molar-refractivity contribution in [1.82, 2.24) is 10.2 Å². The lowest BCUT2D eigenvalue weighted by Crippen LogP contribution is -2.12. The van der Waals surface area contributed by atoms with Crippen LogP contribution in [0.5, 0.6) is 5.75 Å². The molecule has 6 heteroatoms. The van der Waals surface area contributed by atoms with Crippen LogP contribution in [0.4, 0.5) is 5.13 Å². The molecule has 0 aliphatic heterocycles. The van der Waals surface area contributed by atoms with Gasteiger partial charge in [-0.2, -0.15) is 0 Å². The zero-order valence-electron chi connectivity index (χ0n) is 10.9. The van der Waals surface area contributed by atoms with Gasteiger partial charge in [-0.15, -0.1) is 10.2 Å². The molecule has 1 aromatic carbocycles. The number of aromatic nitrogens is 2. The van der Waals surface area contributed by atoms with Crippen molar-refractivity contribution in [2.45, 2.75) is 25.9 Å². The highest BCUT2D eigenvalue weighted by molar-refractivity contribution is 7.15. The Balaban J connectivity index is 1.81. The van der Waals surface area contributed by atoms with Gasteiger partial charge in [-0.05, 0) is 37.6 Å². The van der Waals surface area contributed by atoms with Gasteiger partial charge >= 0.3 is 0 Å². The number of halogens is 1. The van der Waals surface area contributed by atoms with Crippen LogP contribution in [0.3, 0.4) is 0 Å². The Kier molecular flexibility index (Phi) is 4.99. The summed E-state index contributed by atoms with van der Waals surface area (Å²) in [6.45, 7) is 2.05. The first kappa shape index (κ1) is 14.1. The molecule has 2 aromatic rings. The molecule has 1 unspecified atom stereocenters. The second-order valence-electron chi connectivity index (χ2n) is 4.17. The van der Waals surface area contributed by atoms with E-state index in [-0.39, 0.29) is 6.10 Å². The molecule has 1 N–H and O–H groups in total. The number of benzene rings is 1. The fourth-order valence-electron chi connectivity index (χ4n) is 1.59. The summed E-state index contributed by atoms with van der Waals surface area (Å²) in [5, 5.41) is 13.7. The van der Waals surface area contributed by atoms with E-state index in [2.05, 4.69) is 22.4 Å². The minimum absolute atomic E-state index is 0.128. The van der Waals surface area contributed by atoms with Gasteiger partial charge in [-0.25, -0.2) is 0 Å². The van der Waals surface area contributed by atoms with E-state index in [1.165, 1.54) is 0 Å². The maximum absolute atomic E-state index is 5.83. The van der Waals surface area contributed by atoms with E-state index in [1.54, 1.807) is 11.3 Å². The van der Waals surface area contributed by atoms with Gasteiger partial charge < -0.3 is 10.1 Å². The van der Waals surface area contributed by atoms with Crippen molar-refractivity contribution in [2.75, 3.05) is 12.4 Å². The molecule has 1 heterocycles. The van der Waals surface area contributed by atoms with Gasteiger partial charge in [-0.3, -0.25) is 0 Å². The van der Waals surface area contributed by atoms with E-state index in [4.69, 9.17) is 16.3 Å². The fraction of sp³-hybridized carbons (Fsp3) is 0.385. The maximum Gasteiger partial charge on any atom is 0.205 e. The summed E-state index contributed by atoms with van der Waals surface area (Å²) in [5.74, 6) is 0.838. The summed E-state index contributed by atoms with van der Waals surface area (Å²) in [4.78, 5) is 0. The second-order valence-corrected chi connectivity index (χ2v) is 5.67. The number of rotatable bonds is 6. The molecular formula is C13H16ClN3OS. The van der Waals surface area contributed by atoms with E-state index in [0.29, 0.717) is 5.02 Å². The van der Waals surface area contributed by atoms with E-state index >= 15 is 0 Å². The lowest BCUT2D eigenvalue weighted by molar-refractivity contribution is 0.211. The van der Waals surface area contributed by atoms with Crippen LogP contribution in [0.15, 0.2) is 24.3 Å². The van der Waals surface area contributed by atoms with Crippen molar-refractivity contribution in [1.29, 1.82) is 0 Å². The van der Waals surface area contributed by atoms with Crippen molar-refractivity contribution in [3.63, 3.8) is 0 Å². The van der Waals surface area contributed by atoms with Crippen LogP contribution < -0.4 is 10.1 Å². The van der Waals surface area contributed by atoms with Gasteiger partial charge in [-0.1, -0.05) is 22.9 Å². The number of aryl methyl sites for hydroxylation is 1. The van der Waals surface area contributed by atoms with Crippen molar-refractivity contribution >= 4 is 28.1 Å². The lowest BCUT2D eigenvalue weighted by atomic mass is 10.2. The molecule has 4 nitrogen and oxygen atoms in total. The third kappa shape index (κ3) is 4.36. The lowest BCUT2D eigenvalue weighted by Gasteiger charge is -2.13. The smallest absolute Gasteiger partial charge is 0.205 e. The predicted octanol–water partition coefficient (Wildman–Crippen LogP) is 3.63. The molecule has 1 atom stereocenters. The van der Waals surface area contributed by atoms with Crippen LogP contribution in [-0.4, -0.2) is 23.3 Å². The number of hydrogen-bond acceptors (Lipinski definition) is 5. The van der Waals surface area contributed by atoms with E-state index in [0.717, 1.165) is 28.7 Å². The minimum atomic E-state index is 0.128. The zero-order chi connectivity index (χ0) is 13.7. The van der Waals surface area contributed by atoms with E-state index < -0.39 is 0 Å². The Bertz CT molecular complexity index is 515. The largest absolute Gasteiger partial charge is 0.491 e. The van der Waals surface area contributed by atoms with Crippen molar-refractivity contribution < 1.29 is 4.74 Å². The normalized spacial score (nSPS) is 12.2. The van der Waals surface area contributed by atoms with Gasteiger partial charge in [0.2, 0.25) is 5.13 Å². The van der Waals surface area contributed by atoms with Gasteiger partial charge in [0.25, 0.3) is 0 Å². The predicted molar refractivity (Wildman–Crippen MR) is 79.3 cm³/mol. The molecule has 0 aliphatic rings. The Morgan fingerprint density at radius 2 is 2.05 bits per heavy atom. The molecule has 0 saturated heterocycles. The second kappa shape index (κ2) is 6.73. The average molecular weight is 298 g/mol. The molecule has 2 rings (SSSR count). The summed E-state index contributed by atoms with van der Waals surface area (Å²) >= 11 is 7.41. The first-order valence-corrected chi connectivity index (χ1v) is 7.29. The number of nitrogens with zero attached hydrogens (tertiary/aromatic N) is 2. The van der Waals surface area contributed by atoms with Crippen molar-refractivity contribution in [3.05, 3.63) is 34.3 Å². The summed E-state index contributed by atoms with van der Waals surface area (Å²) in [5.41, 5.74) is 0. The monoisotopic (exact) mass is 297 g/mol. The van der Waals surface area contributed by atoms with Crippen LogP contribution in [0.25, 0.3) is 0 Å². The molecular weight excluding hydrogens is 282 g/mol. The molecule has 19 heavy (non-hydrogen) atoms. The first-order valence-electron chi connectivity index (χ1n) is 6.09. The maximum atomic E-state index is 5.83. The van der Waals surface area contributed by atoms with Crippen molar-refractivity contribution in [2.24, 2.45) is 0 Å². The van der Waals surface area contributed by atoms with E-state index in [1.807, 2.05) is 31.3 Å². The Morgan fingerprint density at radius 3 is 2.68 bits per heavy atom. The zero-order valence-corrected chi connectivity index (χ0v) is 12.5. The van der Waals surface area contributed by atoms with Gasteiger partial charge in [0.15, 0.2) is 0 Å². The molecule has 0 spiro atoms. The van der Waals surface area contributed by atoms with Gasteiger partial charge in [0.05, 0.1) is 6.10 Å². The number of nitrogens with one attached hydrogen (secondary N) is 1. The number of hydrogen-bond donors (Lipinski definition) is 1. The van der Waals surface area contributed by atoms with Crippen LogP contribution >= 0.6 is 22.9 Å². The highest BCUT2D eigenvalue weighted by atomic mass is 35.5. The average Bonchev–Trinajstić information content (AvgIpc) is 2.87. The fourth-order valence-corrected chi connectivity index (χ4v) is 2.42. The van der Waals surface area contributed by atoms with Crippen molar-refractivity contribution in [3.8, 4) is 5.75 Å². The Labute approximate surface area is 121 Å². The molecule has 102 valence electrons. The summed E-state index contributed by atoms with van der Waals surface area (Å²) < 4.78 is 5.81. The summed E-state index contributed by atoms with van der Waals surface area (Å²) in [7, 11) is 1.84. The molecule has 0 fully saturated rings. The topological polar surface area (TPSA) is 47.0 Å². The van der Waals surface area contributed by atoms with Gasteiger partial charge in [0, 0.05) is 18.5 Å². The highest BCUT2D eigenvalue weighted by Crippen LogP contribution is 2.20. The van der Waals surface area contributed by atoms with Crippen LogP contribution in [0.1, 0.15) is 18.4 Å². The quantitative estimate of drug-likeness (QED) is 0.884. The number of ether oxygens (including phenoxy) is 1. The standard InChI is InChI=1S/C13H16ClN3OS/c1-9(18-11-6-4-10(14)5-7-11)3-8-12-16-17-13(15-2)19-12/h4-7,9H,3,8H2,1-2H3,(H,15,17). The number of anilines is 1. The first-order chi connectivity index (χ1) is 9.17. The summed E-state index contributed by atoms with van der Waals surface area (Å²) in [6, 6.07) is 7.41. The van der Waals surface area contributed by atoms with E-state index in [9.17, 15) is 0 Å². The van der Waals surface area contributed by atoms with Crippen LogP contribution in [-0.2, 0) is 6.42 Å².